The number of hydrogen-bond acceptors (Lipinski definition) is 7. The topological polar surface area (TPSA) is 156 Å². The van der Waals surface area contributed by atoms with E-state index in [1.54, 1.807) is 0 Å². The molecular formula is C19H11Cl2N3O8. The van der Waals surface area contributed by atoms with Crippen LogP contribution in [0.4, 0.5) is 16.2 Å². The van der Waals surface area contributed by atoms with Crippen LogP contribution in [0.5, 0.6) is 5.75 Å². The third-order valence-corrected chi connectivity index (χ3v) is 4.65. The van der Waals surface area contributed by atoms with Crippen LogP contribution in [0.15, 0.2) is 42.0 Å². The average Bonchev–Trinajstić information content (AvgIpc) is 2.70. The Morgan fingerprint density at radius 1 is 1.16 bits per heavy atom. The van der Waals surface area contributed by atoms with Gasteiger partial charge in [-0.3, -0.25) is 25.0 Å². The maximum Gasteiger partial charge on any atom is 0.341 e. The fraction of sp³-hybridized carbons (Fsp3) is 0.0526. The Balaban J connectivity index is 1.95. The largest absolute Gasteiger partial charge is 0.479 e. The summed E-state index contributed by atoms with van der Waals surface area (Å²) >= 11 is 12.1. The minimum absolute atomic E-state index is 0.00461. The Labute approximate surface area is 188 Å². The number of aliphatic carboxylic acids is 1. The second-order valence-electron chi connectivity index (χ2n) is 6.23. The second-order valence-corrected chi connectivity index (χ2v) is 7.04. The number of halogens is 2. The van der Waals surface area contributed by atoms with Crippen LogP contribution < -0.4 is 15.0 Å². The van der Waals surface area contributed by atoms with E-state index in [0.717, 1.165) is 18.2 Å². The highest BCUT2D eigenvalue weighted by Gasteiger charge is 2.37. The lowest BCUT2D eigenvalue weighted by Crippen LogP contribution is -2.54. The lowest BCUT2D eigenvalue weighted by atomic mass is 10.1. The summed E-state index contributed by atoms with van der Waals surface area (Å²) in [6, 6.07) is 6.11. The number of urea groups is 1. The summed E-state index contributed by atoms with van der Waals surface area (Å²) in [4.78, 5) is 58.8. The summed E-state index contributed by atoms with van der Waals surface area (Å²) in [5, 5.41) is 21.4. The number of rotatable bonds is 6. The molecule has 2 aromatic rings. The van der Waals surface area contributed by atoms with Gasteiger partial charge in [0, 0.05) is 12.1 Å². The number of nitro groups is 1. The van der Waals surface area contributed by atoms with Crippen molar-refractivity contribution < 1.29 is 33.9 Å². The maximum absolute atomic E-state index is 12.9. The number of barbiturate groups is 1. The smallest absolute Gasteiger partial charge is 0.341 e. The Morgan fingerprint density at radius 3 is 2.28 bits per heavy atom. The molecular weight excluding hydrogens is 469 g/mol. The zero-order valence-electron chi connectivity index (χ0n) is 15.7. The molecule has 0 aliphatic carbocycles. The van der Waals surface area contributed by atoms with Crippen molar-refractivity contribution in [3.05, 3.63) is 67.7 Å². The van der Waals surface area contributed by atoms with Crippen molar-refractivity contribution in [1.82, 2.24) is 5.32 Å². The molecule has 0 spiro atoms. The van der Waals surface area contributed by atoms with Crippen molar-refractivity contribution in [2.45, 2.75) is 0 Å². The van der Waals surface area contributed by atoms with E-state index in [1.165, 1.54) is 24.3 Å². The molecule has 1 aliphatic rings. The highest BCUT2D eigenvalue weighted by atomic mass is 35.5. The number of ether oxygens (including phenoxy) is 1. The van der Waals surface area contributed by atoms with Crippen LogP contribution in [-0.2, 0) is 14.4 Å². The number of nitro benzene ring substituents is 1. The minimum atomic E-state index is -1.25. The number of carboxylic acids is 1. The Hall–Kier alpha value is -3.96. The molecule has 13 heteroatoms. The summed E-state index contributed by atoms with van der Waals surface area (Å²) in [6.45, 7) is -0.687. The quantitative estimate of drug-likeness (QED) is 0.277. The third kappa shape index (κ3) is 4.68. The number of carbonyl (C=O) groups is 4. The van der Waals surface area contributed by atoms with E-state index in [1.807, 2.05) is 5.32 Å². The minimum Gasteiger partial charge on any atom is -0.479 e. The number of hydrogen-bond donors (Lipinski definition) is 2. The van der Waals surface area contributed by atoms with E-state index in [2.05, 4.69) is 0 Å². The van der Waals surface area contributed by atoms with E-state index in [0.29, 0.717) is 4.90 Å². The van der Waals surface area contributed by atoms with Gasteiger partial charge in [-0.2, -0.15) is 0 Å². The molecule has 4 amide bonds. The molecule has 0 bridgehead atoms. The third-order valence-electron chi connectivity index (χ3n) is 4.09. The van der Waals surface area contributed by atoms with Gasteiger partial charge in [0.1, 0.15) is 5.57 Å². The molecule has 0 saturated carbocycles. The van der Waals surface area contributed by atoms with Gasteiger partial charge in [0.05, 0.1) is 20.7 Å². The molecule has 1 heterocycles. The molecule has 0 radical (unpaired) electrons. The predicted octanol–water partition coefficient (Wildman–Crippen LogP) is 3.03. The first-order chi connectivity index (χ1) is 15.1. The number of carboxylic acid groups (broad SMARTS) is 1. The predicted molar refractivity (Wildman–Crippen MR) is 112 cm³/mol. The second kappa shape index (κ2) is 9.04. The molecule has 1 saturated heterocycles. The highest BCUT2D eigenvalue weighted by Crippen LogP contribution is 2.35. The average molecular weight is 480 g/mol. The molecule has 1 aliphatic heterocycles. The number of benzene rings is 2. The molecule has 2 aromatic carbocycles. The molecule has 0 aromatic heterocycles. The van der Waals surface area contributed by atoms with Crippen LogP contribution >= 0.6 is 23.2 Å². The first-order valence-corrected chi connectivity index (χ1v) is 9.33. The van der Waals surface area contributed by atoms with Crippen molar-refractivity contribution in [2.24, 2.45) is 0 Å². The molecule has 0 atom stereocenters. The number of carbonyl (C=O) groups excluding carboxylic acids is 3. The number of anilines is 1. The number of non-ortho nitro benzene ring substituents is 1. The van der Waals surface area contributed by atoms with Crippen molar-refractivity contribution >= 4 is 64.5 Å². The van der Waals surface area contributed by atoms with E-state index in [4.69, 9.17) is 33.0 Å². The molecule has 2 N–H and O–H groups in total. The van der Waals surface area contributed by atoms with E-state index >= 15 is 0 Å². The van der Waals surface area contributed by atoms with Crippen LogP contribution in [0.3, 0.4) is 0 Å². The van der Waals surface area contributed by atoms with Crippen molar-refractivity contribution in [3.8, 4) is 5.75 Å². The van der Waals surface area contributed by atoms with E-state index in [9.17, 15) is 29.3 Å². The number of imide groups is 2. The van der Waals surface area contributed by atoms with Crippen molar-refractivity contribution in [2.75, 3.05) is 11.5 Å². The van der Waals surface area contributed by atoms with E-state index < -0.39 is 40.9 Å². The highest BCUT2D eigenvalue weighted by molar-refractivity contribution is 6.40. The van der Waals surface area contributed by atoms with Crippen molar-refractivity contribution in [3.63, 3.8) is 0 Å². The van der Waals surface area contributed by atoms with Crippen LogP contribution in [0.2, 0.25) is 10.0 Å². The summed E-state index contributed by atoms with van der Waals surface area (Å²) < 4.78 is 5.00. The summed E-state index contributed by atoms with van der Waals surface area (Å²) in [6.07, 6.45) is 1.13. The van der Waals surface area contributed by atoms with Gasteiger partial charge in [-0.15, -0.1) is 0 Å². The molecule has 32 heavy (non-hydrogen) atoms. The first-order valence-electron chi connectivity index (χ1n) is 8.58. The number of nitrogens with one attached hydrogen (secondary N) is 1. The summed E-state index contributed by atoms with van der Waals surface area (Å²) in [5.41, 5.74) is -0.488. The Bertz CT molecular complexity index is 1170. The lowest BCUT2D eigenvalue weighted by molar-refractivity contribution is -0.384. The molecule has 1 fully saturated rings. The van der Waals surface area contributed by atoms with Gasteiger partial charge in [-0.25, -0.2) is 14.5 Å². The normalized spacial score (nSPS) is 15.0. The van der Waals surface area contributed by atoms with Gasteiger partial charge in [0.15, 0.2) is 12.4 Å². The number of amides is 4. The summed E-state index contributed by atoms with van der Waals surface area (Å²) in [5.74, 6) is -3.30. The van der Waals surface area contributed by atoms with Crippen molar-refractivity contribution in [1.29, 1.82) is 0 Å². The van der Waals surface area contributed by atoms with Gasteiger partial charge in [-0.05, 0) is 35.9 Å². The SMILES string of the molecule is O=C(O)COc1c(Cl)cc(/C=C2\C(=O)NC(=O)N(c3ccc([N+](=O)[O-])cc3)C2=O)cc1Cl. The molecule has 0 unspecified atom stereocenters. The van der Waals surface area contributed by atoms with Gasteiger partial charge in [-0.1, -0.05) is 23.2 Å². The van der Waals surface area contributed by atoms with Gasteiger partial charge in [0.25, 0.3) is 17.5 Å². The Kier molecular flexibility index (Phi) is 6.42. The monoisotopic (exact) mass is 479 g/mol. The molecule has 164 valence electrons. The Morgan fingerprint density at radius 2 is 1.75 bits per heavy atom. The fourth-order valence-electron chi connectivity index (χ4n) is 2.72. The first kappa shape index (κ1) is 22.7. The van der Waals surface area contributed by atoms with E-state index in [-0.39, 0.29) is 32.7 Å². The molecule has 11 nitrogen and oxygen atoms in total. The van der Waals surface area contributed by atoms with Gasteiger partial charge >= 0.3 is 12.0 Å². The number of nitrogens with zero attached hydrogens (tertiary/aromatic N) is 2. The van der Waals surface area contributed by atoms with Crippen LogP contribution in [0, 0.1) is 10.1 Å². The van der Waals surface area contributed by atoms with Crippen LogP contribution in [0.25, 0.3) is 6.08 Å². The van der Waals surface area contributed by atoms with Gasteiger partial charge in [0.2, 0.25) is 0 Å². The standard InChI is InChI=1S/C19H11Cl2N3O8/c20-13-6-9(7-14(21)16(13)32-8-15(25)26)5-12-17(27)22-19(29)23(18(12)28)10-1-3-11(4-2-10)24(30)31/h1-7H,8H2,(H,25,26)(H,22,27,29)/b12-5+. The molecule has 3 rings (SSSR count). The maximum atomic E-state index is 12.9. The zero-order chi connectivity index (χ0) is 23.6. The van der Waals surface area contributed by atoms with Crippen LogP contribution in [0.1, 0.15) is 5.56 Å². The van der Waals surface area contributed by atoms with Gasteiger partial charge < -0.3 is 9.84 Å². The zero-order valence-corrected chi connectivity index (χ0v) is 17.2. The van der Waals surface area contributed by atoms with Crippen LogP contribution in [-0.4, -0.2) is 40.5 Å². The fourth-order valence-corrected chi connectivity index (χ4v) is 3.33. The summed E-state index contributed by atoms with van der Waals surface area (Å²) in [7, 11) is 0. The lowest BCUT2D eigenvalue weighted by Gasteiger charge is -2.26.